The molecule has 1 unspecified atom stereocenters. The van der Waals surface area contributed by atoms with Crippen LogP contribution in [0, 0.1) is 0 Å². The molecule has 6 nitrogen and oxygen atoms in total. The summed E-state index contributed by atoms with van der Waals surface area (Å²) in [6.45, 7) is 7.07. The number of guanidine groups is 1. The Hall–Kier alpha value is -1.35. The molecule has 0 bridgehead atoms. The van der Waals surface area contributed by atoms with Gasteiger partial charge < -0.3 is 20.1 Å². The zero-order chi connectivity index (χ0) is 17.4. The second-order valence-electron chi connectivity index (χ2n) is 6.14. The molecule has 0 spiro atoms. The third-order valence-electron chi connectivity index (χ3n) is 4.07. The Labute approximate surface area is 166 Å². The Morgan fingerprint density at radius 3 is 2.60 bits per heavy atom. The van der Waals surface area contributed by atoms with Crippen LogP contribution in [0.3, 0.4) is 0 Å². The lowest BCUT2D eigenvalue weighted by molar-refractivity contribution is 0.0242. The van der Waals surface area contributed by atoms with Gasteiger partial charge in [0, 0.05) is 19.7 Å². The van der Waals surface area contributed by atoms with Gasteiger partial charge in [0.25, 0.3) is 0 Å². The Kier molecular flexibility index (Phi) is 9.20. The second-order valence-corrected chi connectivity index (χ2v) is 6.14. The van der Waals surface area contributed by atoms with Gasteiger partial charge in [-0.2, -0.15) is 0 Å². The molecule has 0 radical (unpaired) electrons. The van der Waals surface area contributed by atoms with Gasteiger partial charge in [-0.3, -0.25) is 0 Å². The summed E-state index contributed by atoms with van der Waals surface area (Å²) < 4.78 is 10.5. The minimum absolute atomic E-state index is 0. The average Bonchev–Trinajstić information content (AvgIpc) is 3.04. The fraction of sp³-hybridized carbons (Fsp3) is 0.556. The van der Waals surface area contributed by atoms with Crippen molar-refractivity contribution in [1.82, 2.24) is 10.6 Å². The smallest absolute Gasteiger partial charge is 0.337 e. The third-order valence-corrected chi connectivity index (χ3v) is 4.07. The van der Waals surface area contributed by atoms with Gasteiger partial charge in [-0.1, -0.05) is 12.1 Å². The average molecular weight is 461 g/mol. The monoisotopic (exact) mass is 461 g/mol. The van der Waals surface area contributed by atoms with Crippen molar-refractivity contribution in [3.8, 4) is 0 Å². The first-order valence-corrected chi connectivity index (χ1v) is 8.40. The van der Waals surface area contributed by atoms with Crippen molar-refractivity contribution in [1.29, 1.82) is 0 Å². The fourth-order valence-corrected chi connectivity index (χ4v) is 2.62. The van der Waals surface area contributed by atoms with Gasteiger partial charge in [0.1, 0.15) is 0 Å². The standard InChI is InChI=1S/C18H27N3O3.HI/c1-4-19-17(21-13-18(2)10-5-11-24-18)20-12-14-6-8-15(9-7-14)16(22)23-3;/h6-9H,4-5,10-13H2,1-3H3,(H2,19,20,21);1H. The van der Waals surface area contributed by atoms with Gasteiger partial charge in [0.2, 0.25) is 0 Å². The van der Waals surface area contributed by atoms with E-state index in [0.29, 0.717) is 12.1 Å². The minimum Gasteiger partial charge on any atom is -0.465 e. The molecule has 1 saturated heterocycles. The van der Waals surface area contributed by atoms with Crippen LogP contribution in [0.2, 0.25) is 0 Å². The van der Waals surface area contributed by atoms with Crippen molar-refractivity contribution >= 4 is 35.9 Å². The molecule has 1 aliphatic rings. The van der Waals surface area contributed by atoms with Gasteiger partial charge in [0.05, 0.1) is 24.8 Å². The van der Waals surface area contributed by atoms with Crippen molar-refractivity contribution < 1.29 is 14.3 Å². The molecular formula is C18H28IN3O3. The molecule has 1 aliphatic heterocycles. The molecule has 0 aromatic heterocycles. The molecule has 1 aromatic carbocycles. The number of aliphatic imine (C=N–C) groups is 1. The topological polar surface area (TPSA) is 72.0 Å². The number of ether oxygens (including phenoxy) is 2. The largest absolute Gasteiger partial charge is 0.465 e. The van der Waals surface area contributed by atoms with Gasteiger partial charge >= 0.3 is 5.97 Å². The summed E-state index contributed by atoms with van der Waals surface area (Å²) in [5.41, 5.74) is 1.46. The van der Waals surface area contributed by atoms with Crippen LogP contribution in [0.4, 0.5) is 0 Å². The van der Waals surface area contributed by atoms with Crippen LogP contribution in [0.1, 0.15) is 42.6 Å². The number of nitrogens with zero attached hydrogens (tertiary/aromatic N) is 1. The second kappa shape index (κ2) is 10.6. The highest BCUT2D eigenvalue weighted by Gasteiger charge is 2.29. The van der Waals surface area contributed by atoms with E-state index in [9.17, 15) is 4.79 Å². The highest BCUT2D eigenvalue weighted by Crippen LogP contribution is 2.23. The van der Waals surface area contributed by atoms with E-state index in [0.717, 1.165) is 44.1 Å². The Balaban J connectivity index is 0.00000312. The number of rotatable bonds is 6. The zero-order valence-electron chi connectivity index (χ0n) is 15.1. The van der Waals surface area contributed by atoms with E-state index in [1.54, 1.807) is 12.1 Å². The van der Waals surface area contributed by atoms with E-state index in [1.807, 2.05) is 19.1 Å². The summed E-state index contributed by atoms with van der Waals surface area (Å²) in [6, 6.07) is 7.29. The van der Waals surface area contributed by atoms with Crippen molar-refractivity contribution in [3.63, 3.8) is 0 Å². The molecule has 7 heteroatoms. The number of halogens is 1. The molecule has 0 aliphatic carbocycles. The number of hydrogen-bond donors (Lipinski definition) is 2. The number of benzene rings is 1. The first kappa shape index (κ1) is 21.7. The maximum Gasteiger partial charge on any atom is 0.337 e. The van der Waals surface area contributed by atoms with Crippen LogP contribution < -0.4 is 10.6 Å². The van der Waals surface area contributed by atoms with Crippen LogP contribution in [0.25, 0.3) is 0 Å². The molecule has 1 fully saturated rings. The molecule has 1 atom stereocenters. The van der Waals surface area contributed by atoms with Crippen molar-refractivity contribution in [2.24, 2.45) is 4.99 Å². The molecule has 1 aromatic rings. The van der Waals surface area contributed by atoms with Crippen molar-refractivity contribution in [2.75, 3.05) is 26.8 Å². The van der Waals surface area contributed by atoms with E-state index < -0.39 is 0 Å². The molecule has 0 saturated carbocycles. The first-order valence-electron chi connectivity index (χ1n) is 8.40. The Morgan fingerprint density at radius 1 is 1.32 bits per heavy atom. The summed E-state index contributed by atoms with van der Waals surface area (Å²) in [7, 11) is 1.38. The maximum absolute atomic E-state index is 11.4. The van der Waals surface area contributed by atoms with Crippen LogP contribution in [-0.4, -0.2) is 44.3 Å². The molecule has 2 N–H and O–H groups in total. The number of carbonyl (C=O) groups is 1. The Bertz CT molecular complexity index is 569. The van der Waals surface area contributed by atoms with E-state index in [4.69, 9.17) is 9.47 Å². The van der Waals surface area contributed by atoms with Gasteiger partial charge in [-0.05, 0) is 44.4 Å². The lowest BCUT2D eigenvalue weighted by Gasteiger charge is -2.24. The number of carbonyl (C=O) groups excluding carboxylic acids is 1. The van der Waals surface area contributed by atoms with E-state index in [1.165, 1.54) is 7.11 Å². The SMILES string of the molecule is CCNC(=NCc1ccc(C(=O)OC)cc1)NCC1(C)CCCO1.I. The molecule has 0 amide bonds. The quantitative estimate of drug-likeness (QED) is 0.295. The molecule has 2 rings (SSSR count). The van der Waals surface area contributed by atoms with Crippen LogP contribution in [-0.2, 0) is 16.0 Å². The van der Waals surface area contributed by atoms with Crippen molar-refractivity contribution in [2.45, 2.75) is 38.8 Å². The molecule has 140 valence electrons. The summed E-state index contributed by atoms with van der Waals surface area (Å²) in [6.07, 6.45) is 2.17. The van der Waals surface area contributed by atoms with Crippen LogP contribution in [0.15, 0.2) is 29.3 Å². The van der Waals surface area contributed by atoms with Crippen LogP contribution in [0.5, 0.6) is 0 Å². The van der Waals surface area contributed by atoms with Gasteiger partial charge in [0.15, 0.2) is 5.96 Å². The maximum atomic E-state index is 11.4. The van der Waals surface area contributed by atoms with E-state index in [-0.39, 0.29) is 35.5 Å². The summed E-state index contributed by atoms with van der Waals surface area (Å²) in [4.78, 5) is 16.0. The highest BCUT2D eigenvalue weighted by molar-refractivity contribution is 14.0. The summed E-state index contributed by atoms with van der Waals surface area (Å²) in [5, 5.41) is 6.59. The zero-order valence-corrected chi connectivity index (χ0v) is 17.5. The fourth-order valence-electron chi connectivity index (χ4n) is 2.62. The number of esters is 1. The predicted octanol–water partition coefficient (Wildman–Crippen LogP) is 2.72. The van der Waals surface area contributed by atoms with E-state index >= 15 is 0 Å². The molecule has 1 heterocycles. The lowest BCUT2D eigenvalue weighted by atomic mass is 10.0. The first-order chi connectivity index (χ1) is 11.6. The summed E-state index contributed by atoms with van der Waals surface area (Å²) in [5.74, 6) is 0.441. The van der Waals surface area contributed by atoms with Gasteiger partial charge in [-0.25, -0.2) is 9.79 Å². The highest BCUT2D eigenvalue weighted by atomic mass is 127. The van der Waals surface area contributed by atoms with Crippen LogP contribution >= 0.6 is 24.0 Å². The van der Waals surface area contributed by atoms with Gasteiger partial charge in [-0.15, -0.1) is 24.0 Å². The lowest BCUT2D eigenvalue weighted by Crippen LogP contribution is -2.45. The molecule has 25 heavy (non-hydrogen) atoms. The number of hydrogen-bond acceptors (Lipinski definition) is 4. The molecular weight excluding hydrogens is 433 g/mol. The van der Waals surface area contributed by atoms with E-state index in [2.05, 4.69) is 22.5 Å². The normalized spacial score (nSPS) is 19.9. The predicted molar refractivity (Wildman–Crippen MR) is 110 cm³/mol. The number of nitrogens with one attached hydrogen (secondary N) is 2. The van der Waals surface area contributed by atoms with Crippen molar-refractivity contribution in [3.05, 3.63) is 35.4 Å². The Morgan fingerprint density at radius 2 is 2.04 bits per heavy atom. The summed E-state index contributed by atoms with van der Waals surface area (Å²) >= 11 is 0. The third kappa shape index (κ3) is 6.81. The minimum atomic E-state index is -0.329. The number of methoxy groups -OCH3 is 1.